The summed E-state index contributed by atoms with van der Waals surface area (Å²) in [5.41, 5.74) is 4.69. The van der Waals surface area contributed by atoms with Gasteiger partial charge in [-0.2, -0.15) is 13.2 Å². The lowest BCUT2D eigenvalue weighted by atomic mass is 9.92. The smallest absolute Gasteiger partial charge is 0.326 e. The Morgan fingerprint density at radius 1 is 1.27 bits per heavy atom. The Hall–Kier alpha value is -0.250. The molecule has 1 unspecified atom stereocenters. The summed E-state index contributed by atoms with van der Waals surface area (Å²) in [5, 5.41) is 0. The van der Waals surface area contributed by atoms with Gasteiger partial charge in [-0.05, 0) is 20.3 Å². The summed E-state index contributed by atoms with van der Waals surface area (Å²) in [5.74, 6) is -1.32. The van der Waals surface area contributed by atoms with Crippen molar-refractivity contribution in [3.8, 4) is 0 Å². The number of rotatable bonds is 2. The predicted molar refractivity (Wildman–Crippen MR) is 38.1 cm³/mol. The molecule has 1 nitrogen and oxygen atoms in total. The van der Waals surface area contributed by atoms with Crippen molar-refractivity contribution in [2.45, 2.75) is 38.9 Å². The molecule has 0 heterocycles. The normalized spacial score (nSPS) is 16.6. The van der Waals surface area contributed by atoms with Gasteiger partial charge in [0.25, 0.3) is 0 Å². The third kappa shape index (κ3) is 5.07. The van der Waals surface area contributed by atoms with E-state index in [1.54, 1.807) is 13.8 Å². The van der Waals surface area contributed by atoms with Crippen LogP contribution in [0.3, 0.4) is 0 Å². The summed E-state index contributed by atoms with van der Waals surface area (Å²) in [7, 11) is 0. The van der Waals surface area contributed by atoms with Gasteiger partial charge >= 0.3 is 6.18 Å². The van der Waals surface area contributed by atoms with E-state index < -0.39 is 17.6 Å². The lowest BCUT2D eigenvalue weighted by Gasteiger charge is -2.24. The molecule has 4 heteroatoms. The minimum atomic E-state index is -4.11. The van der Waals surface area contributed by atoms with E-state index in [-0.39, 0.29) is 6.42 Å². The van der Waals surface area contributed by atoms with E-state index in [0.29, 0.717) is 0 Å². The topological polar surface area (TPSA) is 26.0 Å². The fourth-order valence-electron chi connectivity index (χ4n) is 0.905. The minimum Gasteiger partial charge on any atom is -0.326 e. The van der Waals surface area contributed by atoms with Crippen LogP contribution >= 0.6 is 0 Å². The van der Waals surface area contributed by atoms with E-state index in [0.717, 1.165) is 6.92 Å². The second-order valence-corrected chi connectivity index (χ2v) is 3.64. The van der Waals surface area contributed by atoms with Gasteiger partial charge in [-0.15, -0.1) is 0 Å². The van der Waals surface area contributed by atoms with Crippen molar-refractivity contribution < 1.29 is 13.2 Å². The summed E-state index contributed by atoms with van der Waals surface area (Å²) in [6.45, 7) is 4.33. The van der Waals surface area contributed by atoms with Crippen LogP contribution < -0.4 is 5.73 Å². The molecule has 11 heavy (non-hydrogen) atoms. The summed E-state index contributed by atoms with van der Waals surface area (Å²) in [6, 6.07) is 0. The largest absolute Gasteiger partial charge is 0.391 e. The Bertz CT molecular complexity index is 123. The summed E-state index contributed by atoms with van der Waals surface area (Å²) < 4.78 is 35.8. The van der Waals surface area contributed by atoms with E-state index in [4.69, 9.17) is 5.73 Å². The molecule has 0 saturated carbocycles. The third-order valence-corrected chi connectivity index (χ3v) is 1.39. The molecule has 0 fully saturated rings. The van der Waals surface area contributed by atoms with E-state index >= 15 is 0 Å². The van der Waals surface area contributed by atoms with Crippen LogP contribution in [0.1, 0.15) is 27.2 Å². The van der Waals surface area contributed by atoms with E-state index in [2.05, 4.69) is 0 Å². The van der Waals surface area contributed by atoms with Crippen molar-refractivity contribution in [3.05, 3.63) is 0 Å². The van der Waals surface area contributed by atoms with Gasteiger partial charge in [0.05, 0.1) is 5.92 Å². The van der Waals surface area contributed by atoms with Crippen molar-refractivity contribution in [2.75, 3.05) is 0 Å². The monoisotopic (exact) mass is 169 g/mol. The Balaban J connectivity index is 3.99. The molecule has 0 amide bonds. The molecule has 0 saturated heterocycles. The Kier molecular flexibility index (Phi) is 2.94. The molecule has 2 N–H and O–H groups in total. The zero-order chi connectivity index (χ0) is 9.28. The van der Waals surface area contributed by atoms with Crippen molar-refractivity contribution in [2.24, 2.45) is 11.7 Å². The molecule has 0 aliphatic rings. The molecular weight excluding hydrogens is 155 g/mol. The molecule has 0 spiro atoms. The van der Waals surface area contributed by atoms with Crippen molar-refractivity contribution in [3.63, 3.8) is 0 Å². The quantitative estimate of drug-likeness (QED) is 0.674. The second-order valence-electron chi connectivity index (χ2n) is 3.64. The molecule has 0 aromatic heterocycles. The average molecular weight is 169 g/mol. The van der Waals surface area contributed by atoms with Crippen LogP contribution in [-0.4, -0.2) is 11.7 Å². The number of hydrogen-bond donors (Lipinski definition) is 1. The second kappa shape index (κ2) is 3.01. The van der Waals surface area contributed by atoms with Crippen LogP contribution in [0, 0.1) is 5.92 Å². The molecule has 68 valence electrons. The van der Waals surface area contributed by atoms with Crippen molar-refractivity contribution >= 4 is 0 Å². The minimum absolute atomic E-state index is 0.0312. The Morgan fingerprint density at radius 3 is 1.73 bits per heavy atom. The highest BCUT2D eigenvalue weighted by Crippen LogP contribution is 2.30. The van der Waals surface area contributed by atoms with Gasteiger partial charge in [0.2, 0.25) is 0 Å². The first kappa shape index (κ1) is 10.8. The number of nitrogens with two attached hydrogens (primary N) is 1. The van der Waals surface area contributed by atoms with E-state index in [1.807, 2.05) is 0 Å². The van der Waals surface area contributed by atoms with Crippen LogP contribution in [0.25, 0.3) is 0 Å². The van der Waals surface area contributed by atoms with Gasteiger partial charge in [-0.1, -0.05) is 6.92 Å². The molecule has 0 aromatic rings. The highest BCUT2D eigenvalue weighted by molar-refractivity contribution is 4.77. The highest BCUT2D eigenvalue weighted by Gasteiger charge is 2.38. The van der Waals surface area contributed by atoms with Crippen molar-refractivity contribution in [1.29, 1.82) is 0 Å². The van der Waals surface area contributed by atoms with Crippen LogP contribution in [0.15, 0.2) is 0 Å². The Morgan fingerprint density at radius 2 is 1.64 bits per heavy atom. The summed E-state index contributed by atoms with van der Waals surface area (Å²) in [4.78, 5) is 0. The zero-order valence-electron chi connectivity index (χ0n) is 7.00. The lowest BCUT2D eigenvalue weighted by Crippen LogP contribution is -2.37. The molecule has 0 rings (SSSR count). The molecule has 0 radical (unpaired) electrons. The van der Waals surface area contributed by atoms with Gasteiger partial charge in [-0.3, -0.25) is 0 Å². The molecule has 0 aliphatic carbocycles. The lowest BCUT2D eigenvalue weighted by molar-refractivity contribution is -0.174. The molecule has 0 aliphatic heterocycles. The van der Waals surface area contributed by atoms with Gasteiger partial charge in [0.1, 0.15) is 0 Å². The van der Waals surface area contributed by atoms with E-state index in [9.17, 15) is 13.2 Å². The molecular formula is C7H14F3N. The maximum atomic E-state index is 11.9. The number of halogens is 3. The Labute approximate surface area is 64.8 Å². The SMILES string of the molecule is CC(CC(C)(C)N)C(F)(F)F. The third-order valence-electron chi connectivity index (χ3n) is 1.39. The fraction of sp³-hybridized carbons (Fsp3) is 1.00. The number of alkyl halides is 3. The van der Waals surface area contributed by atoms with Gasteiger partial charge in [0, 0.05) is 5.54 Å². The zero-order valence-corrected chi connectivity index (χ0v) is 7.00. The van der Waals surface area contributed by atoms with Gasteiger partial charge in [-0.25, -0.2) is 0 Å². The first-order valence-corrected chi connectivity index (χ1v) is 3.48. The first-order chi connectivity index (χ1) is 4.63. The molecule has 0 aromatic carbocycles. The van der Waals surface area contributed by atoms with E-state index in [1.165, 1.54) is 0 Å². The predicted octanol–water partition coefficient (Wildman–Crippen LogP) is 2.31. The summed E-state index contributed by atoms with van der Waals surface area (Å²) in [6.07, 6.45) is -4.15. The summed E-state index contributed by atoms with van der Waals surface area (Å²) >= 11 is 0. The van der Waals surface area contributed by atoms with Gasteiger partial charge in [0.15, 0.2) is 0 Å². The fourth-order valence-corrected chi connectivity index (χ4v) is 0.905. The maximum Gasteiger partial charge on any atom is 0.391 e. The van der Waals surface area contributed by atoms with Crippen LogP contribution in [-0.2, 0) is 0 Å². The first-order valence-electron chi connectivity index (χ1n) is 3.48. The average Bonchev–Trinajstić information content (AvgIpc) is 1.56. The van der Waals surface area contributed by atoms with Crippen LogP contribution in [0.4, 0.5) is 13.2 Å². The van der Waals surface area contributed by atoms with Crippen LogP contribution in [0.2, 0.25) is 0 Å². The standard InChI is InChI=1S/C7H14F3N/c1-5(7(8,9)10)4-6(2,3)11/h5H,4,11H2,1-3H3. The number of hydrogen-bond acceptors (Lipinski definition) is 1. The maximum absolute atomic E-state index is 11.9. The van der Waals surface area contributed by atoms with Crippen molar-refractivity contribution in [1.82, 2.24) is 0 Å². The van der Waals surface area contributed by atoms with Crippen LogP contribution in [0.5, 0.6) is 0 Å². The highest BCUT2D eigenvalue weighted by atomic mass is 19.4. The van der Waals surface area contributed by atoms with Gasteiger partial charge < -0.3 is 5.73 Å². The molecule has 0 bridgehead atoms. The molecule has 1 atom stereocenters.